The average Bonchev–Trinajstić information content (AvgIpc) is 3.10. The van der Waals surface area contributed by atoms with Gasteiger partial charge in [-0.1, -0.05) is 60.7 Å². The number of carbonyl (C=O) groups excluding carboxylic acids is 1. The molecule has 166 valence electrons. The minimum atomic E-state index is -3.78. The molecule has 5 nitrogen and oxygen atoms in total. The van der Waals surface area contributed by atoms with E-state index in [9.17, 15) is 9.36 Å². The van der Waals surface area contributed by atoms with E-state index < -0.39 is 13.3 Å². The molecular weight excluding hydrogens is 441 g/mol. The molecule has 4 rings (SSSR count). The van der Waals surface area contributed by atoms with Crippen LogP contribution in [-0.4, -0.2) is 30.4 Å². The molecule has 2 aromatic carbocycles. The van der Waals surface area contributed by atoms with Gasteiger partial charge < -0.3 is 9.05 Å². The second kappa shape index (κ2) is 9.63. The fourth-order valence-electron chi connectivity index (χ4n) is 3.97. The van der Waals surface area contributed by atoms with Crippen molar-refractivity contribution in [1.29, 1.82) is 0 Å². The summed E-state index contributed by atoms with van der Waals surface area (Å²) in [7, 11) is -3.78. The molecule has 0 radical (unpaired) electrons. The van der Waals surface area contributed by atoms with E-state index in [2.05, 4.69) is 12.1 Å². The van der Waals surface area contributed by atoms with Gasteiger partial charge in [0.05, 0.1) is 24.5 Å². The van der Waals surface area contributed by atoms with Crippen LogP contribution >= 0.6 is 18.9 Å². The number of hydrogen-bond acceptors (Lipinski definition) is 6. The van der Waals surface area contributed by atoms with E-state index >= 15 is 0 Å². The first-order chi connectivity index (χ1) is 15.5. The maximum atomic E-state index is 13.9. The maximum Gasteiger partial charge on any atom is 0.347 e. The van der Waals surface area contributed by atoms with E-state index in [1.807, 2.05) is 55.5 Å². The molecular formula is C25H26NO4PS. The molecule has 1 unspecified atom stereocenters. The van der Waals surface area contributed by atoms with Crippen LogP contribution in [0.25, 0.3) is 0 Å². The van der Waals surface area contributed by atoms with E-state index in [-0.39, 0.29) is 19.0 Å². The van der Waals surface area contributed by atoms with Crippen molar-refractivity contribution in [2.24, 2.45) is 4.99 Å². The Labute approximate surface area is 192 Å². The Balaban J connectivity index is 1.86. The van der Waals surface area contributed by atoms with Crippen molar-refractivity contribution in [3.05, 3.63) is 87.8 Å². The van der Waals surface area contributed by atoms with Gasteiger partial charge in [-0.2, -0.15) is 0 Å². The summed E-state index contributed by atoms with van der Waals surface area (Å²) in [6.45, 7) is 5.79. The van der Waals surface area contributed by atoms with Crippen molar-refractivity contribution in [3.63, 3.8) is 0 Å². The van der Waals surface area contributed by atoms with Crippen molar-refractivity contribution in [2.75, 3.05) is 13.2 Å². The fraction of sp³-hybridized carbons (Fsp3) is 0.280. The largest absolute Gasteiger partial charge is 0.347 e. The number of aliphatic imine (C=N–C) groups is 1. The summed E-state index contributed by atoms with van der Waals surface area (Å²) in [5.74, 6) is -0.243. The highest BCUT2D eigenvalue weighted by Crippen LogP contribution is 2.58. The van der Waals surface area contributed by atoms with Crippen LogP contribution in [0.1, 0.15) is 45.8 Å². The van der Waals surface area contributed by atoms with Crippen LogP contribution < -0.4 is 0 Å². The Hall–Kier alpha value is -2.37. The average molecular weight is 468 g/mol. The number of nitrogens with zero attached hydrogens (tertiary/aromatic N) is 1. The highest BCUT2D eigenvalue weighted by Gasteiger charge is 2.49. The van der Waals surface area contributed by atoms with Crippen LogP contribution in [0.5, 0.6) is 0 Å². The first kappa shape index (κ1) is 22.8. The molecule has 1 aromatic heterocycles. The molecule has 0 amide bonds. The number of fused-ring (bicyclic) bond motifs is 1. The van der Waals surface area contributed by atoms with E-state index in [0.29, 0.717) is 22.7 Å². The van der Waals surface area contributed by atoms with Gasteiger partial charge >= 0.3 is 7.60 Å². The number of benzene rings is 2. The summed E-state index contributed by atoms with van der Waals surface area (Å²) in [5.41, 5.74) is 2.69. The van der Waals surface area contributed by atoms with E-state index in [1.165, 1.54) is 16.9 Å². The zero-order valence-corrected chi connectivity index (χ0v) is 20.1. The first-order valence-electron chi connectivity index (χ1n) is 10.7. The first-order valence-corrected chi connectivity index (χ1v) is 13.1. The highest BCUT2D eigenvalue weighted by atomic mass is 32.1. The lowest BCUT2D eigenvalue weighted by Gasteiger charge is -2.29. The minimum absolute atomic E-state index is 0.178. The van der Waals surface area contributed by atoms with Crippen LogP contribution in [0, 0.1) is 6.92 Å². The molecule has 3 aromatic rings. The van der Waals surface area contributed by atoms with Crippen LogP contribution in [0.3, 0.4) is 0 Å². The van der Waals surface area contributed by atoms with E-state index in [1.54, 1.807) is 13.8 Å². The number of Topliss-reactive ketones (excluding diaryl/α,β-unsaturated/α-hetero) is 1. The number of thiophene rings is 1. The lowest BCUT2D eigenvalue weighted by Crippen LogP contribution is -2.35. The van der Waals surface area contributed by atoms with Gasteiger partial charge in [0.2, 0.25) is 0 Å². The van der Waals surface area contributed by atoms with Gasteiger partial charge in [0.25, 0.3) is 0 Å². The molecule has 32 heavy (non-hydrogen) atoms. The zero-order chi connectivity index (χ0) is 22.7. The molecule has 7 heteroatoms. The summed E-state index contributed by atoms with van der Waals surface area (Å²) in [4.78, 5) is 19.8. The number of ketones is 1. The van der Waals surface area contributed by atoms with Crippen molar-refractivity contribution < 1.29 is 18.4 Å². The molecule has 1 aliphatic heterocycles. The summed E-state index contributed by atoms with van der Waals surface area (Å²) >= 11 is 1.52. The van der Waals surface area contributed by atoms with Crippen molar-refractivity contribution in [1.82, 2.24) is 0 Å². The Morgan fingerprint density at radius 1 is 0.969 bits per heavy atom. The Kier molecular flexibility index (Phi) is 6.87. The third-order valence-corrected chi connectivity index (χ3v) is 8.95. The topological polar surface area (TPSA) is 65.0 Å². The minimum Gasteiger partial charge on any atom is -0.308 e. The Morgan fingerprint density at radius 3 is 2.16 bits per heavy atom. The smallest absolute Gasteiger partial charge is 0.308 e. The van der Waals surface area contributed by atoms with Crippen LogP contribution in [-0.2, 0) is 20.0 Å². The molecule has 0 N–H and O–H groups in total. The SMILES string of the molecule is CCOP(=O)(OCC)C1C(=O)c2c(sc(Cc3ccccc3)c2C)N=C1c1ccccc1. The maximum absolute atomic E-state index is 13.9. The highest BCUT2D eigenvalue weighted by molar-refractivity contribution is 7.57. The van der Waals surface area contributed by atoms with Crippen LogP contribution in [0.15, 0.2) is 65.7 Å². The monoisotopic (exact) mass is 467 g/mol. The molecule has 2 heterocycles. The van der Waals surface area contributed by atoms with E-state index in [4.69, 9.17) is 14.0 Å². The summed E-state index contributed by atoms with van der Waals surface area (Å²) in [6, 6.07) is 19.5. The number of rotatable bonds is 8. The molecule has 0 bridgehead atoms. The molecule has 1 aliphatic rings. The lowest BCUT2D eigenvalue weighted by atomic mass is 9.95. The van der Waals surface area contributed by atoms with Gasteiger partial charge in [-0.25, -0.2) is 4.99 Å². The molecule has 0 fully saturated rings. The van der Waals surface area contributed by atoms with Gasteiger partial charge in [-0.15, -0.1) is 11.3 Å². The zero-order valence-electron chi connectivity index (χ0n) is 18.4. The molecule has 0 spiro atoms. The summed E-state index contributed by atoms with van der Waals surface area (Å²) in [6.07, 6.45) is 0.715. The van der Waals surface area contributed by atoms with Gasteiger partial charge in [0.1, 0.15) is 5.00 Å². The van der Waals surface area contributed by atoms with Crippen molar-refractivity contribution in [3.8, 4) is 0 Å². The predicted octanol–water partition coefficient (Wildman–Crippen LogP) is 6.60. The summed E-state index contributed by atoms with van der Waals surface area (Å²) < 4.78 is 25.1. The second-order valence-electron chi connectivity index (χ2n) is 7.50. The van der Waals surface area contributed by atoms with Gasteiger partial charge in [0.15, 0.2) is 11.4 Å². The van der Waals surface area contributed by atoms with Gasteiger partial charge in [-0.05, 0) is 37.5 Å². The summed E-state index contributed by atoms with van der Waals surface area (Å²) in [5, 5.41) is 0.660. The van der Waals surface area contributed by atoms with Gasteiger partial charge in [-0.3, -0.25) is 9.36 Å². The standard InChI is InChI=1S/C25H26NO4PS/c1-4-29-31(28,30-5-2)24-22(19-14-10-7-11-15-19)26-25-21(23(24)27)17(3)20(32-25)16-18-12-8-6-9-13-18/h6-15,24H,4-5,16H2,1-3H3. The van der Waals surface area contributed by atoms with Crippen molar-refractivity contribution >= 4 is 35.4 Å². The molecule has 1 atom stereocenters. The van der Waals surface area contributed by atoms with Crippen LogP contribution in [0.2, 0.25) is 0 Å². The Morgan fingerprint density at radius 2 is 1.56 bits per heavy atom. The number of hydrogen-bond donors (Lipinski definition) is 0. The normalized spacial score (nSPS) is 16.0. The second-order valence-corrected chi connectivity index (χ2v) is 10.7. The third kappa shape index (κ3) is 4.28. The fourth-order valence-corrected chi connectivity index (χ4v) is 7.21. The quantitative estimate of drug-likeness (QED) is 0.350. The predicted molar refractivity (Wildman–Crippen MR) is 130 cm³/mol. The number of carbonyl (C=O) groups is 1. The Bertz CT molecular complexity index is 1180. The third-order valence-electron chi connectivity index (χ3n) is 5.41. The van der Waals surface area contributed by atoms with Crippen molar-refractivity contribution in [2.45, 2.75) is 32.9 Å². The molecule has 0 aliphatic carbocycles. The van der Waals surface area contributed by atoms with Crippen LogP contribution in [0.4, 0.5) is 5.00 Å². The molecule has 0 saturated heterocycles. The molecule has 0 saturated carbocycles. The van der Waals surface area contributed by atoms with E-state index in [0.717, 1.165) is 16.0 Å². The lowest BCUT2D eigenvalue weighted by molar-refractivity contribution is 0.0987. The van der Waals surface area contributed by atoms with Gasteiger partial charge in [0, 0.05) is 11.3 Å².